The van der Waals surface area contributed by atoms with E-state index in [0.29, 0.717) is 23.7 Å². The Kier molecular flexibility index (Phi) is 8.64. The highest BCUT2D eigenvalue weighted by Gasteiger charge is 2.18. The molecule has 0 saturated carbocycles. The molecule has 1 unspecified atom stereocenters. The predicted molar refractivity (Wildman–Crippen MR) is 127 cm³/mol. The zero-order valence-corrected chi connectivity index (χ0v) is 19.4. The quantitative estimate of drug-likeness (QED) is 0.606. The minimum Gasteiger partial charge on any atom is -0.497 e. The lowest BCUT2D eigenvalue weighted by Crippen LogP contribution is -2.47. The Morgan fingerprint density at radius 2 is 1.50 bits per heavy atom. The fourth-order valence-corrected chi connectivity index (χ4v) is 3.85. The van der Waals surface area contributed by atoms with Crippen molar-refractivity contribution in [3.63, 3.8) is 0 Å². The Balaban J connectivity index is 1.48. The number of nitrogens with zero attached hydrogens (tertiary/aromatic N) is 2. The van der Waals surface area contributed by atoms with Gasteiger partial charge in [0, 0.05) is 38.4 Å². The Labute approximate surface area is 190 Å². The molecule has 1 saturated heterocycles. The number of hydrogen-bond acceptors (Lipinski definition) is 7. The predicted octanol–water partition coefficient (Wildman–Crippen LogP) is 3.31. The van der Waals surface area contributed by atoms with Crippen LogP contribution >= 0.6 is 0 Å². The van der Waals surface area contributed by atoms with Gasteiger partial charge in [-0.15, -0.1) is 0 Å². The van der Waals surface area contributed by atoms with Crippen molar-refractivity contribution in [3.8, 4) is 23.0 Å². The molecule has 0 radical (unpaired) electrons. The largest absolute Gasteiger partial charge is 0.497 e. The van der Waals surface area contributed by atoms with E-state index in [0.717, 1.165) is 44.0 Å². The van der Waals surface area contributed by atoms with E-state index < -0.39 is 6.10 Å². The number of rotatable bonds is 10. The van der Waals surface area contributed by atoms with Gasteiger partial charge >= 0.3 is 0 Å². The van der Waals surface area contributed by atoms with Crippen LogP contribution in [0.2, 0.25) is 0 Å². The molecule has 0 aromatic heterocycles. The van der Waals surface area contributed by atoms with Gasteiger partial charge in [-0.05, 0) is 48.4 Å². The molecule has 0 bridgehead atoms. The van der Waals surface area contributed by atoms with Gasteiger partial charge in [0.05, 0.1) is 34.5 Å². The standard InChI is InChI=1S/C25H34N2O5/c1-29-22-9-6-20(7-10-22)27-15-13-26(14-16-27)12-11-21(28)8-5-19-17-23(30-2)25(32-4)24(18-19)31-3/h5-10,17-18,21,28H,11-16H2,1-4H3/b8-5+. The van der Waals surface area contributed by atoms with Gasteiger partial charge in [-0.1, -0.05) is 12.2 Å². The Bertz CT molecular complexity index is 851. The van der Waals surface area contributed by atoms with Crippen LogP contribution in [0, 0.1) is 0 Å². The van der Waals surface area contributed by atoms with Crippen LogP contribution in [0.15, 0.2) is 42.5 Å². The average molecular weight is 443 g/mol. The summed E-state index contributed by atoms with van der Waals surface area (Å²) in [4.78, 5) is 4.78. The third-order valence-electron chi connectivity index (χ3n) is 5.75. The van der Waals surface area contributed by atoms with Crippen LogP contribution in [0.4, 0.5) is 5.69 Å². The summed E-state index contributed by atoms with van der Waals surface area (Å²) >= 11 is 0. The summed E-state index contributed by atoms with van der Waals surface area (Å²) in [6, 6.07) is 11.9. The normalized spacial score (nSPS) is 15.6. The topological polar surface area (TPSA) is 63.6 Å². The van der Waals surface area contributed by atoms with Crippen molar-refractivity contribution in [2.45, 2.75) is 12.5 Å². The lowest BCUT2D eigenvalue weighted by atomic mass is 10.1. The maximum absolute atomic E-state index is 10.5. The fourth-order valence-electron chi connectivity index (χ4n) is 3.85. The molecule has 1 aliphatic heterocycles. The number of anilines is 1. The van der Waals surface area contributed by atoms with E-state index in [9.17, 15) is 5.11 Å². The third kappa shape index (κ3) is 6.08. The Morgan fingerprint density at radius 3 is 2.03 bits per heavy atom. The van der Waals surface area contributed by atoms with Crippen LogP contribution in [0.25, 0.3) is 6.08 Å². The first-order valence-corrected chi connectivity index (χ1v) is 10.9. The van der Waals surface area contributed by atoms with Gasteiger partial charge in [0.15, 0.2) is 11.5 Å². The zero-order chi connectivity index (χ0) is 22.9. The molecule has 7 nitrogen and oxygen atoms in total. The van der Waals surface area contributed by atoms with Crippen LogP contribution in [0.5, 0.6) is 23.0 Å². The van der Waals surface area contributed by atoms with Gasteiger partial charge in [-0.3, -0.25) is 4.90 Å². The molecule has 2 aromatic rings. The number of piperazine rings is 1. The molecule has 1 atom stereocenters. The minimum absolute atomic E-state index is 0.520. The van der Waals surface area contributed by atoms with E-state index in [4.69, 9.17) is 18.9 Å². The molecule has 0 amide bonds. The first kappa shape index (κ1) is 23.8. The molecule has 1 aliphatic rings. The second kappa shape index (κ2) is 11.6. The maximum Gasteiger partial charge on any atom is 0.203 e. The van der Waals surface area contributed by atoms with E-state index in [-0.39, 0.29) is 0 Å². The van der Waals surface area contributed by atoms with Crippen LogP contribution in [0.3, 0.4) is 0 Å². The fraction of sp³-hybridized carbons (Fsp3) is 0.440. The van der Waals surface area contributed by atoms with E-state index >= 15 is 0 Å². The molecular weight excluding hydrogens is 408 g/mol. The summed E-state index contributed by atoms with van der Waals surface area (Å²) in [6.45, 7) is 4.77. The Hall–Kier alpha value is -2.90. The second-order valence-electron chi connectivity index (χ2n) is 7.70. The van der Waals surface area contributed by atoms with Crippen molar-refractivity contribution in [3.05, 3.63) is 48.0 Å². The SMILES string of the molecule is COc1ccc(N2CCN(CCC(O)/C=C/c3cc(OC)c(OC)c(OC)c3)CC2)cc1. The summed E-state index contributed by atoms with van der Waals surface area (Å²) in [6.07, 6.45) is 3.86. The lowest BCUT2D eigenvalue weighted by molar-refractivity contribution is 0.174. The molecule has 1 N–H and O–H groups in total. The van der Waals surface area contributed by atoms with E-state index in [2.05, 4.69) is 21.9 Å². The molecule has 1 heterocycles. The molecule has 32 heavy (non-hydrogen) atoms. The van der Waals surface area contributed by atoms with Crippen molar-refractivity contribution >= 4 is 11.8 Å². The average Bonchev–Trinajstić information content (AvgIpc) is 2.85. The molecule has 1 fully saturated rings. The summed E-state index contributed by atoms with van der Waals surface area (Å²) in [5.74, 6) is 2.62. The van der Waals surface area contributed by atoms with Gasteiger partial charge < -0.3 is 29.0 Å². The van der Waals surface area contributed by atoms with Crippen molar-refractivity contribution in [1.29, 1.82) is 0 Å². The van der Waals surface area contributed by atoms with Gasteiger partial charge in [0.2, 0.25) is 5.75 Å². The molecule has 0 spiro atoms. The maximum atomic E-state index is 10.5. The third-order valence-corrected chi connectivity index (χ3v) is 5.75. The highest BCUT2D eigenvalue weighted by atomic mass is 16.5. The number of benzene rings is 2. The Morgan fingerprint density at radius 1 is 0.875 bits per heavy atom. The van der Waals surface area contributed by atoms with Gasteiger partial charge in [0.25, 0.3) is 0 Å². The van der Waals surface area contributed by atoms with Gasteiger partial charge in [-0.25, -0.2) is 0 Å². The summed E-state index contributed by atoms with van der Waals surface area (Å²) in [7, 11) is 6.45. The molecule has 0 aliphatic carbocycles. The molecule has 174 valence electrons. The first-order valence-electron chi connectivity index (χ1n) is 10.9. The van der Waals surface area contributed by atoms with Crippen molar-refractivity contribution in [2.24, 2.45) is 0 Å². The lowest BCUT2D eigenvalue weighted by Gasteiger charge is -2.36. The molecule has 3 rings (SSSR count). The smallest absolute Gasteiger partial charge is 0.203 e. The molecular formula is C25H34N2O5. The van der Waals surface area contributed by atoms with E-state index in [1.165, 1.54) is 5.69 Å². The zero-order valence-electron chi connectivity index (χ0n) is 19.4. The van der Waals surface area contributed by atoms with Crippen molar-refractivity contribution in [1.82, 2.24) is 4.90 Å². The van der Waals surface area contributed by atoms with Crippen LogP contribution < -0.4 is 23.8 Å². The van der Waals surface area contributed by atoms with Gasteiger partial charge in [0.1, 0.15) is 5.75 Å². The monoisotopic (exact) mass is 442 g/mol. The van der Waals surface area contributed by atoms with Crippen molar-refractivity contribution < 1.29 is 24.1 Å². The molecule has 2 aromatic carbocycles. The number of aliphatic hydroxyl groups excluding tert-OH is 1. The van der Waals surface area contributed by atoms with E-state index in [1.807, 2.05) is 36.4 Å². The minimum atomic E-state index is -0.520. The number of aliphatic hydroxyl groups is 1. The summed E-state index contributed by atoms with van der Waals surface area (Å²) < 4.78 is 21.4. The van der Waals surface area contributed by atoms with Crippen molar-refractivity contribution in [2.75, 3.05) is 66.1 Å². The highest BCUT2D eigenvalue weighted by molar-refractivity contribution is 5.62. The number of ether oxygens (including phenoxy) is 4. The van der Waals surface area contributed by atoms with Crippen LogP contribution in [0.1, 0.15) is 12.0 Å². The van der Waals surface area contributed by atoms with Crippen LogP contribution in [-0.2, 0) is 0 Å². The van der Waals surface area contributed by atoms with E-state index in [1.54, 1.807) is 28.4 Å². The molecule has 7 heteroatoms. The summed E-state index contributed by atoms with van der Waals surface area (Å²) in [5.41, 5.74) is 2.10. The number of methoxy groups -OCH3 is 4. The highest BCUT2D eigenvalue weighted by Crippen LogP contribution is 2.38. The first-order chi connectivity index (χ1) is 15.6. The number of hydrogen-bond donors (Lipinski definition) is 1. The summed E-state index contributed by atoms with van der Waals surface area (Å²) in [5, 5.41) is 10.5. The second-order valence-corrected chi connectivity index (χ2v) is 7.70. The van der Waals surface area contributed by atoms with Gasteiger partial charge in [-0.2, -0.15) is 0 Å². The van der Waals surface area contributed by atoms with Crippen LogP contribution in [-0.4, -0.2) is 77.3 Å².